The van der Waals surface area contributed by atoms with Crippen molar-refractivity contribution in [3.05, 3.63) is 17.5 Å². The predicted molar refractivity (Wildman–Crippen MR) is 43.5 cm³/mol. The molecule has 17 heavy (non-hydrogen) atoms. The molecule has 0 atom stereocenters. The molecule has 0 unspecified atom stereocenters. The highest BCUT2D eigenvalue weighted by Crippen LogP contribution is 2.40. The fourth-order valence-corrected chi connectivity index (χ4v) is 1.03. The third-order valence-electron chi connectivity index (χ3n) is 1.71. The molecule has 0 aliphatic heterocycles. The summed E-state index contributed by atoms with van der Waals surface area (Å²) in [7, 11) is 0. The van der Waals surface area contributed by atoms with Crippen molar-refractivity contribution >= 4 is 0 Å². The summed E-state index contributed by atoms with van der Waals surface area (Å²) in [6.07, 6.45) is -8.15. The van der Waals surface area contributed by atoms with Crippen LogP contribution < -0.4 is 4.74 Å². The van der Waals surface area contributed by atoms with Gasteiger partial charge in [0.05, 0.1) is 12.2 Å². The van der Waals surface area contributed by atoms with Gasteiger partial charge in [-0.1, -0.05) is 0 Å². The first-order valence-electron chi connectivity index (χ1n) is 4.11. The smallest absolute Gasteiger partial charge is 0.503 e. The normalized spacial score (nSPS) is 11.9. The Morgan fingerprint density at radius 1 is 1.35 bits per heavy atom. The van der Waals surface area contributed by atoms with Gasteiger partial charge in [0.15, 0.2) is 11.5 Å². The Hall–Kier alpha value is -1.64. The van der Waals surface area contributed by atoms with Gasteiger partial charge in [-0.15, -0.1) is 13.2 Å². The summed E-state index contributed by atoms with van der Waals surface area (Å²) < 4.78 is 63.8. The maximum atomic E-state index is 12.4. The number of alkyl halides is 5. The Morgan fingerprint density at radius 2 is 1.94 bits per heavy atom. The van der Waals surface area contributed by atoms with E-state index in [9.17, 15) is 27.1 Å². The zero-order valence-electron chi connectivity index (χ0n) is 8.00. The van der Waals surface area contributed by atoms with Crippen molar-refractivity contribution in [2.24, 2.45) is 0 Å². The van der Waals surface area contributed by atoms with Gasteiger partial charge >= 0.3 is 6.36 Å². The van der Waals surface area contributed by atoms with Gasteiger partial charge in [-0.05, 0) is 0 Å². The number of halogens is 5. The van der Waals surface area contributed by atoms with Crippen molar-refractivity contribution in [2.45, 2.75) is 19.4 Å². The van der Waals surface area contributed by atoms with Gasteiger partial charge < -0.3 is 14.9 Å². The van der Waals surface area contributed by atoms with E-state index in [1.807, 2.05) is 0 Å². The summed E-state index contributed by atoms with van der Waals surface area (Å²) in [5.74, 6) is -2.71. The van der Waals surface area contributed by atoms with Crippen LogP contribution in [-0.2, 0) is 6.61 Å². The van der Waals surface area contributed by atoms with Crippen molar-refractivity contribution in [3.8, 4) is 11.5 Å². The van der Waals surface area contributed by atoms with Crippen LogP contribution in [0.1, 0.15) is 17.7 Å². The molecule has 96 valence electrons. The fraction of sp³-hybridized carbons (Fsp3) is 0.375. The number of aromatic hydroxyl groups is 1. The number of rotatable bonds is 3. The number of pyridine rings is 1. The zero-order valence-corrected chi connectivity index (χ0v) is 8.00. The van der Waals surface area contributed by atoms with E-state index < -0.39 is 42.2 Å². The number of ether oxygens (including phenoxy) is 1. The fourth-order valence-electron chi connectivity index (χ4n) is 1.03. The van der Waals surface area contributed by atoms with Crippen molar-refractivity contribution in [1.29, 1.82) is 0 Å². The summed E-state index contributed by atoms with van der Waals surface area (Å²) in [5.41, 5.74) is -1.80. The van der Waals surface area contributed by atoms with Crippen LogP contribution in [0.15, 0.2) is 6.20 Å². The molecular formula is C8H6F5NO3. The first-order valence-corrected chi connectivity index (χ1v) is 4.11. The van der Waals surface area contributed by atoms with Crippen molar-refractivity contribution < 1.29 is 36.9 Å². The SMILES string of the molecule is OCc1ncc(C(F)F)c(OC(F)(F)F)c1O. The predicted octanol–water partition coefficient (Wildman–Crippen LogP) is 2.12. The summed E-state index contributed by atoms with van der Waals surface area (Å²) >= 11 is 0. The monoisotopic (exact) mass is 259 g/mol. The number of aliphatic hydroxyl groups is 1. The molecule has 0 spiro atoms. The summed E-state index contributed by atoms with van der Waals surface area (Å²) in [6, 6.07) is 0. The molecule has 0 aliphatic carbocycles. The molecule has 9 heteroatoms. The molecule has 2 N–H and O–H groups in total. The van der Waals surface area contributed by atoms with Crippen LogP contribution in [-0.4, -0.2) is 21.6 Å². The molecule has 1 aromatic rings. The van der Waals surface area contributed by atoms with Gasteiger partial charge in [0.25, 0.3) is 6.43 Å². The van der Waals surface area contributed by atoms with Crippen LogP contribution in [0.25, 0.3) is 0 Å². The van der Waals surface area contributed by atoms with Gasteiger partial charge in [-0.2, -0.15) is 0 Å². The van der Waals surface area contributed by atoms with Crippen LogP contribution in [0.4, 0.5) is 22.0 Å². The Kier molecular flexibility index (Phi) is 3.71. The van der Waals surface area contributed by atoms with Crippen LogP contribution in [0, 0.1) is 0 Å². The lowest BCUT2D eigenvalue weighted by molar-refractivity contribution is -0.275. The Morgan fingerprint density at radius 3 is 2.35 bits per heavy atom. The largest absolute Gasteiger partial charge is 0.573 e. The minimum absolute atomic E-state index is 0.400. The average Bonchev–Trinajstić information content (AvgIpc) is 2.18. The van der Waals surface area contributed by atoms with Crippen molar-refractivity contribution in [2.75, 3.05) is 0 Å². The van der Waals surface area contributed by atoms with E-state index in [1.54, 1.807) is 0 Å². The quantitative estimate of drug-likeness (QED) is 0.816. The van der Waals surface area contributed by atoms with E-state index in [2.05, 4.69) is 9.72 Å². The maximum absolute atomic E-state index is 12.4. The average molecular weight is 259 g/mol. The molecule has 0 saturated carbocycles. The molecular weight excluding hydrogens is 253 g/mol. The lowest BCUT2D eigenvalue weighted by Crippen LogP contribution is -2.19. The summed E-state index contributed by atoms with van der Waals surface area (Å²) in [4.78, 5) is 3.18. The Labute approximate surface area is 91.3 Å². The van der Waals surface area contributed by atoms with E-state index in [-0.39, 0.29) is 0 Å². The molecule has 0 amide bonds. The molecule has 0 radical (unpaired) electrons. The third kappa shape index (κ3) is 3.16. The lowest BCUT2D eigenvalue weighted by atomic mass is 10.2. The molecule has 1 aromatic heterocycles. The van der Waals surface area contributed by atoms with E-state index >= 15 is 0 Å². The van der Waals surface area contributed by atoms with E-state index in [1.165, 1.54) is 0 Å². The maximum Gasteiger partial charge on any atom is 0.573 e. The highest BCUT2D eigenvalue weighted by atomic mass is 19.4. The number of nitrogens with zero attached hydrogens (tertiary/aromatic N) is 1. The first-order chi connectivity index (χ1) is 7.76. The first kappa shape index (κ1) is 13.4. The van der Waals surface area contributed by atoms with Crippen molar-refractivity contribution in [3.63, 3.8) is 0 Å². The molecule has 1 heterocycles. The van der Waals surface area contributed by atoms with Gasteiger partial charge in [0.1, 0.15) is 5.69 Å². The summed E-state index contributed by atoms with van der Waals surface area (Å²) in [6.45, 7) is -0.913. The van der Waals surface area contributed by atoms with Crippen LogP contribution >= 0.6 is 0 Å². The highest BCUT2D eigenvalue weighted by Gasteiger charge is 2.35. The second kappa shape index (κ2) is 4.70. The van der Waals surface area contributed by atoms with Gasteiger partial charge in [-0.3, -0.25) is 4.98 Å². The zero-order chi connectivity index (χ0) is 13.2. The topological polar surface area (TPSA) is 62.6 Å². The number of aliphatic hydroxyl groups excluding tert-OH is 1. The molecule has 0 saturated heterocycles. The van der Waals surface area contributed by atoms with Crippen molar-refractivity contribution in [1.82, 2.24) is 4.98 Å². The van der Waals surface area contributed by atoms with Gasteiger partial charge in [0.2, 0.25) is 0 Å². The molecule has 4 nitrogen and oxygen atoms in total. The standard InChI is InChI=1S/C8H6F5NO3/c9-7(10)3-1-14-4(2-15)5(16)6(3)17-8(11,12)13/h1,7,15-16H,2H2. The second-order valence-electron chi connectivity index (χ2n) is 2.84. The highest BCUT2D eigenvalue weighted by molar-refractivity contribution is 5.47. The number of hydrogen-bond acceptors (Lipinski definition) is 4. The number of aromatic nitrogens is 1. The molecule has 0 fully saturated rings. The lowest BCUT2D eigenvalue weighted by Gasteiger charge is -2.15. The third-order valence-corrected chi connectivity index (χ3v) is 1.71. The van der Waals surface area contributed by atoms with Gasteiger partial charge in [-0.25, -0.2) is 8.78 Å². The Bertz CT molecular complexity index is 407. The minimum Gasteiger partial charge on any atom is -0.503 e. The van der Waals surface area contributed by atoms with E-state index in [4.69, 9.17) is 5.11 Å². The van der Waals surface area contributed by atoms with Gasteiger partial charge in [0, 0.05) is 6.20 Å². The molecule has 0 bridgehead atoms. The Balaban J connectivity index is 3.30. The van der Waals surface area contributed by atoms with Crippen LogP contribution in [0.5, 0.6) is 11.5 Å². The summed E-state index contributed by atoms with van der Waals surface area (Å²) in [5, 5.41) is 17.8. The van der Waals surface area contributed by atoms with E-state index in [0.717, 1.165) is 0 Å². The van der Waals surface area contributed by atoms with E-state index in [0.29, 0.717) is 6.20 Å². The second-order valence-corrected chi connectivity index (χ2v) is 2.84. The molecule has 1 rings (SSSR count). The van der Waals surface area contributed by atoms with Crippen LogP contribution in [0.2, 0.25) is 0 Å². The minimum atomic E-state index is -5.24. The number of hydrogen-bond donors (Lipinski definition) is 2. The molecule has 0 aromatic carbocycles. The van der Waals surface area contributed by atoms with Crippen LogP contribution in [0.3, 0.4) is 0 Å². The molecule has 0 aliphatic rings.